The molecule has 0 aliphatic heterocycles. The molecule has 3 aromatic rings. The molecule has 0 fully saturated rings. The predicted molar refractivity (Wildman–Crippen MR) is 119 cm³/mol. The number of fused-ring (bicyclic) bond motifs is 1. The first-order valence-corrected chi connectivity index (χ1v) is 11.8. The van der Waals surface area contributed by atoms with Crippen LogP contribution >= 0.6 is 0 Å². The minimum atomic E-state index is -3.82. The lowest BCUT2D eigenvalue weighted by molar-refractivity contribution is 0.400. The third kappa shape index (κ3) is 4.27. The highest BCUT2D eigenvalue weighted by Gasteiger charge is 2.27. The molecule has 0 spiro atoms. The van der Waals surface area contributed by atoms with E-state index in [0.29, 0.717) is 5.75 Å². The van der Waals surface area contributed by atoms with E-state index in [-0.39, 0.29) is 4.90 Å². The summed E-state index contributed by atoms with van der Waals surface area (Å²) in [6, 6.07) is 20.8. The first kappa shape index (κ1) is 20.6. The zero-order valence-electron chi connectivity index (χ0n) is 17.4. The van der Waals surface area contributed by atoms with E-state index in [2.05, 4.69) is 4.72 Å². The van der Waals surface area contributed by atoms with Gasteiger partial charge in [0.1, 0.15) is 10.6 Å². The summed E-state index contributed by atoms with van der Waals surface area (Å²) in [6.07, 6.45) is 4.09. The fraction of sp³-hybridized carbons (Fsp3) is 0.280. The quantitative estimate of drug-likeness (QED) is 0.613. The van der Waals surface area contributed by atoms with Gasteiger partial charge in [0, 0.05) is 0 Å². The van der Waals surface area contributed by atoms with Crippen LogP contribution in [-0.4, -0.2) is 15.5 Å². The first-order valence-electron chi connectivity index (χ1n) is 10.3. The van der Waals surface area contributed by atoms with Gasteiger partial charge in [-0.25, -0.2) is 8.42 Å². The van der Waals surface area contributed by atoms with Crippen LogP contribution in [0, 0.1) is 6.92 Å². The van der Waals surface area contributed by atoms with Gasteiger partial charge in [0.15, 0.2) is 0 Å². The lowest BCUT2D eigenvalue weighted by atomic mass is 9.92. The zero-order chi connectivity index (χ0) is 21.1. The summed E-state index contributed by atoms with van der Waals surface area (Å²) in [6.45, 7) is 2.02. The van der Waals surface area contributed by atoms with Crippen molar-refractivity contribution in [2.75, 3.05) is 7.11 Å². The fourth-order valence-corrected chi connectivity index (χ4v) is 5.48. The SMILES string of the molecule is COc1cc2c(cc1S(=O)(=O)N[C@@H](c1ccccc1)c1ccc(C)cc1)CCCC2. The van der Waals surface area contributed by atoms with E-state index in [1.54, 1.807) is 6.07 Å². The number of nitrogens with one attached hydrogen (secondary N) is 1. The second-order valence-corrected chi connectivity index (χ2v) is 9.54. The molecule has 0 heterocycles. The van der Waals surface area contributed by atoms with Gasteiger partial charge in [-0.15, -0.1) is 0 Å². The van der Waals surface area contributed by atoms with Gasteiger partial charge in [0.25, 0.3) is 0 Å². The topological polar surface area (TPSA) is 55.4 Å². The van der Waals surface area contributed by atoms with Crippen molar-refractivity contribution in [1.82, 2.24) is 4.72 Å². The van der Waals surface area contributed by atoms with Gasteiger partial charge in [0.05, 0.1) is 13.2 Å². The summed E-state index contributed by atoms with van der Waals surface area (Å²) in [5, 5.41) is 0. The van der Waals surface area contributed by atoms with Crippen molar-refractivity contribution in [3.05, 3.63) is 94.5 Å². The van der Waals surface area contributed by atoms with E-state index < -0.39 is 16.1 Å². The molecule has 0 unspecified atom stereocenters. The maximum atomic E-state index is 13.5. The number of rotatable bonds is 6. The molecule has 0 amide bonds. The summed E-state index contributed by atoms with van der Waals surface area (Å²) < 4.78 is 35.5. The third-order valence-corrected chi connectivity index (χ3v) is 7.18. The van der Waals surface area contributed by atoms with Crippen LogP contribution in [0.2, 0.25) is 0 Å². The van der Waals surface area contributed by atoms with Crippen LogP contribution in [0.25, 0.3) is 0 Å². The van der Waals surface area contributed by atoms with Crippen LogP contribution in [-0.2, 0) is 22.9 Å². The van der Waals surface area contributed by atoms with Gasteiger partial charge in [-0.05, 0) is 67.0 Å². The Labute approximate surface area is 179 Å². The Morgan fingerprint density at radius 1 is 0.867 bits per heavy atom. The molecule has 1 atom stereocenters. The maximum absolute atomic E-state index is 13.5. The first-order chi connectivity index (χ1) is 14.5. The molecule has 0 saturated heterocycles. The molecule has 0 saturated carbocycles. The fourth-order valence-electron chi connectivity index (χ4n) is 4.06. The van der Waals surface area contributed by atoms with E-state index in [1.165, 1.54) is 12.7 Å². The van der Waals surface area contributed by atoms with E-state index in [9.17, 15) is 8.42 Å². The summed E-state index contributed by atoms with van der Waals surface area (Å²) in [7, 11) is -2.29. The number of hydrogen-bond acceptors (Lipinski definition) is 3. The molecule has 156 valence electrons. The van der Waals surface area contributed by atoms with E-state index in [4.69, 9.17) is 4.74 Å². The van der Waals surface area contributed by atoms with Crippen molar-refractivity contribution in [2.45, 2.75) is 43.5 Å². The lowest BCUT2D eigenvalue weighted by Gasteiger charge is -2.23. The molecule has 5 heteroatoms. The molecule has 4 nitrogen and oxygen atoms in total. The summed E-state index contributed by atoms with van der Waals surface area (Å²) in [5.41, 5.74) is 5.21. The Hall–Kier alpha value is -2.63. The molecule has 1 N–H and O–H groups in total. The molecule has 3 aromatic carbocycles. The molecule has 0 aromatic heterocycles. The molecule has 0 bridgehead atoms. The van der Waals surface area contributed by atoms with E-state index in [0.717, 1.165) is 47.9 Å². The van der Waals surface area contributed by atoms with E-state index in [1.807, 2.05) is 67.6 Å². The van der Waals surface area contributed by atoms with Crippen LogP contribution in [0.15, 0.2) is 71.6 Å². The van der Waals surface area contributed by atoms with Gasteiger partial charge < -0.3 is 4.74 Å². The standard InChI is InChI=1S/C25H27NO3S/c1-18-12-14-20(15-13-18)25(19-8-4-3-5-9-19)26-30(27,28)24-17-22-11-7-6-10-21(22)16-23(24)29-2/h3-5,8-9,12-17,25-26H,6-7,10-11H2,1-2H3/t25-/m0/s1. The largest absolute Gasteiger partial charge is 0.495 e. The van der Waals surface area contributed by atoms with Gasteiger partial charge >= 0.3 is 0 Å². The van der Waals surface area contributed by atoms with Gasteiger partial charge in [-0.2, -0.15) is 4.72 Å². The van der Waals surface area contributed by atoms with Crippen molar-refractivity contribution in [2.24, 2.45) is 0 Å². The molecule has 1 aliphatic rings. The smallest absolute Gasteiger partial charge is 0.245 e. The van der Waals surface area contributed by atoms with Crippen molar-refractivity contribution in [1.29, 1.82) is 0 Å². The average Bonchev–Trinajstić information content (AvgIpc) is 2.78. The molecular formula is C25H27NO3S. The second-order valence-electron chi connectivity index (χ2n) is 7.85. The number of sulfonamides is 1. The van der Waals surface area contributed by atoms with Gasteiger partial charge in [-0.3, -0.25) is 0 Å². The number of ether oxygens (including phenoxy) is 1. The number of aryl methyl sites for hydroxylation is 3. The average molecular weight is 422 g/mol. The van der Waals surface area contributed by atoms with E-state index >= 15 is 0 Å². The van der Waals surface area contributed by atoms with Crippen LogP contribution in [0.5, 0.6) is 5.75 Å². The predicted octanol–water partition coefficient (Wildman–Crippen LogP) is 4.95. The highest BCUT2D eigenvalue weighted by molar-refractivity contribution is 7.89. The minimum absolute atomic E-state index is 0.207. The Bertz CT molecular complexity index is 1120. The molecule has 0 radical (unpaired) electrons. The monoisotopic (exact) mass is 421 g/mol. The molecule has 30 heavy (non-hydrogen) atoms. The molecular weight excluding hydrogens is 394 g/mol. The van der Waals surface area contributed by atoms with Crippen molar-refractivity contribution in [3.8, 4) is 5.75 Å². The number of benzene rings is 3. The Morgan fingerprint density at radius 2 is 1.47 bits per heavy atom. The number of methoxy groups -OCH3 is 1. The Kier molecular flexibility index (Phi) is 5.93. The minimum Gasteiger partial charge on any atom is -0.495 e. The third-order valence-electron chi connectivity index (χ3n) is 5.73. The van der Waals surface area contributed by atoms with Crippen LogP contribution in [0.1, 0.15) is 46.7 Å². The highest BCUT2D eigenvalue weighted by Crippen LogP contribution is 2.33. The maximum Gasteiger partial charge on any atom is 0.245 e. The normalized spacial score (nSPS) is 14.7. The number of hydrogen-bond donors (Lipinski definition) is 1. The van der Waals surface area contributed by atoms with Crippen LogP contribution < -0.4 is 9.46 Å². The van der Waals surface area contributed by atoms with Crippen molar-refractivity contribution >= 4 is 10.0 Å². The second kappa shape index (κ2) is 8.62. The van der Waals surface area contributed by atoms with Crippen LogP contribution in [0.4, 0.5) is 0 Å². The van der Waals surface area contributed by atoms with Gasteiger partial charge in [-0.1, -0.05) is 60.2 Å². The zero-order valence-corrected chi connectivity index (χ0v) is 18.2. The highest BCUT2D eigenvalue weighted by atomic mass is 32.2. The van der Waals surface area contributed by atoms with Crippen molar-refractivity contribution in [3.63, 3.8) is 0 Å². The summed E-state index contributed by atoms with van der Waals surface area (Å²) >= 11 is 0. The molecule has 4 rings (SSSR count). The van der Waals surface area contributed by atoms with Gasteiger partial charge in [0.2, 0.25) is 10.0 Å². The van der Waals surface area contributed by atoms with Crippen LogP contribution in [0.3, 0.4) is 0 Å². The molecule has 1 aliphatic carbocycles. The van der Waals surface area contributed by atoms with Crippen molar-refractivity contribution < 1.29 is 13.2 Å². The summed E-state index contributed by atoms with van der Waals surface area (Å²) in [5.74, 6) is 0.402. The lowest BCUT2D eigenvalue weighted by Crippen LogP contribution is -2.30. The Morgan fingerprint density at radius 3 is 2.10 bits per heavy atom. The summed E-state index contributed by atoms with van der Waals surface area (Å²) in [4.78, 5) is 0.207. The Balaban J connectivity index is 1.76.